The molecule has 0 spiro atoms. The molecule has 1 fully saturated rings. The van der Waals surface area contributed by atoms with Crippen molar-refractivity contribution in [3.63, 3.8) is 0 Å². The molecule has 0 aliphatic carbocycles. The van der Waals surface area contributed by atoms with Crippen LogP contribution in [0.1, 0.15) is 33.1 Å². The van der Waals surface area contributed by atoms with Gasteiger partial charge in [-0.25, -0.2) is 0 Å². The molecule has 3 heteroatoms. The average Bonchev–Trinajstić information content (AvgIpc) is 2.27. The van der Waals surface area contributed by atoms with E-state index in [-0.39, 0.29) is 0 Å². The van der Waals surface area contributed by atoms with Gasteiger partial charge >= 0.3 is 0 Å². The molecule has 0 radical (unpaired) electrons. The monoisotopic (exact) mass is 214 g/mol. The van der Waals surface area contributed by atoms with E-state index in [9.17, 15) is 0 Å². The van der Waals surface area contributed by atoms with Crippen LogP contribution >= 0.6 is 0 Å². The van der Waals surface area contributed by atoms with Crippen LogP contribution in [0.4, 0.5) is 0 Å². The Morgan fingerprint density at radius 3 is 2.60 bits per heavy atom. The van der Waals surface area contributed by atoms with Crippen LogP contribution in [0.15, 0.2) is 0 Å². The minimum absolute atomic E-state index is 0.528. The highest BCUT2D eigenvalue weighted by atomic mass is 16.5. The predicted octanol–water partition coefficient (Wildman–Crippen LogP) is 1.49. The summed E-state index contributed by atoms with van der Waals surface area (Å²) < 4.78 is 5.64. The lowest BCUT2D eigenvalue weighted by Crippen LogP contribution is -2.38. The van der Waals surface area contributed by atoms with Crippen LogP contribution in [0.5, 0.6) is 0 Å². The third kappa shape index (κ3) is 5.50. The van der Waals surface area contributed by atoms with Gasteiger partial charge in [-0.2, -0.15) is 0 Å². The summed E-state index contributed by atoms with van der Waals surface area (Å²) in [4.78, 5) is 2.56. The van der Waals surface area contributed by atoms with Gasteiger partial charge in [0.1, 0.15) is 0 Å². The highest BCUT2D eigenvalue weighted by Gasteiger charge is 2.18. The van der Waals surface area contributed by atoms with Crippen molar-refractivity contribution in [1.29, 1.82) is 0 Å². The average molecular weight is 214 g/mol. The molecule has 0 aromatic carbocycles. The molecule has 1 aliphatic rings. The van der Waals surface area contributed by atoms with Crippen molar-refractivity contribution in [2.75, 3.05) is 39.3 Å². The molecule has 0 bridgehead atoms. The maximum absolute atomic E-state index is 5.64. The summed E-state index contributed by atoms with van der Waals surface area (Å²) in [7, 11) is 0. The van der Waals surface area contributed by atoms with Gasteiger partial charge in [-0.1, -0.05) is 6.92 Å². The van der Waals surface area contributed by atoms with Crippen molar-refractivity contribution in [2.24, 2.45) is 0 Å². The van der Waals surface area contributed by atoms with E-state index in [1.165, 1.54) is 38.9 Å². The molecule has 1 aliphatic heterocycles. The number of hydrogen-bond acceptors (Lipinski definition) is 3. The van der Waals surface area contributed by atoms with E-state index in [1.807, 2.05) is 0 Å². The number of piperidine rings is 1. The summed E-state index contributed by atoms with van der Waals surface area (Å²) in [6.07, 6.45) is 4.23. The van der Waals surface area contributed by atoms with Gasteiger partial charge in [0.15, 0.2) is 0 Å². The Hall–Kier alpha value is -0.120. The van der Waals surface area contributed by atoms with Gasteiger partial charge in [0.25, 0.3) is 0 Å². The molecule has 0 atom stereocenters. The number of rotatable bonds is 7. The van der Waals surface area contributed by atoms with Crippen LogP contribution in [0.2, 0.25) is 0 Å². The summed E-state index contributed by atoms with van der Waals surface area (Å²) in [6, 6.07) is 0. The second-order valence-electron chi connectivity index (χ2n) is 4.20. The lowest BCUT2D eigenvalue weighted by molar-refractivity contribution is 0.0141. The van der Waals surface area contributed by atoms with E-state index in [1.54, 1.807) is 0 Å². The summed E-state index contributed by atoms with van der Waals surface area (Å²) in [5, 5.41) is 3.37. The standard InChI is InChI=1S/C12H26N2O/c1-3-13-8-5-9-14-10-6-12(7-11-14)15-4-2/h12-13H,3-11H2,1-2H3. The van der Waals surface area contributed by atoms with Crippen molar-refractivity contribution in [3.8, 4) is 0 Å². The predicted molar refractivity (Wildman–Crippen MR) is 64.2 cm³/mol. The van der Waals surface area contributed by atoms with Crippen LogP contribution in [0, 0.1) is 0 Å². The van der Waals surface area contributed by atoms with Crippen molar-refractivity contribution < 1.29 is 4.74 Å². The molecule has 3 nitrogen and oxygen atoms in total. The molecule has 0 aromatic heterocycles. The van der Waals surface area contributed by atoms with Crippen LogP contribution in [-0.4, -0.2) is 50.3 Å². The highest BCUT2D eigenvalue weighted by molar-refractivity contribution is 4.72. The van der Waals surface area contributed by atoms with Gasteiger partial charge in [-0.05, 0) is 45.8 Å². The minimum Gasteiger partial charge on any atom is -0.378 e. The fourth-order valence-electron chi connectivity index (χ4n) is 2.14. The third-order valence-electron chi connectivity index (χ3n) is 3.01. The van der Waals surface area contributed by atoms with E-state index in [2.05, 4.69) is 24.1 Å². The largest absolute Gasteiger partial charge is 0.378 e. The zero-order chi connectivity index (χ0) is 10.9. The van der Waals surface area contributed by atoms with Gasteiger partial charge < -0.3 is 15.0 Å². The molecule has 0 saturated carbocycles. The summed E-state index contributed by atoms with van der Waals surface area (Å²) in [6.45, 7) is 11.0. The number of nitrogens with one attached hydrogen (secondary N) is 1. The van der Waals surface area contributed by atoms with E-state index >= 15 is 0 Å². The van der Waals surface area contributed by atoms with E-state index in [0.717, 1.165) is 19.7 Å². The first-order valence-corrected chi connectivity index (χ1v) is 6.41. The normalized spacial score (nSPS) is 19.6. The molecular formula is C12H26N2O. The number of likely N-dealkylation sites (tertiary alicyclic amines) is 1. The van der Waals surface area contributed by atoms with Crippen molar-refractivity contribution in [2.45, 2.75) is 39.2 Å². The Morgan fingerprint density at radius 1 is 1.27 bits per heavy atom. The third-order valence-corrected chi connectivity index (χ3v) is 3.01. The fourth-order valence-corrected chi connectivity index (χ4v) is 2.14. The topological polar surface area (TPSA) is 24.5 Å². The highest BCUT2D eigenvalue weighted by Crippen LogP contribution is 2.13. The fraction of sp³-hybridized carbons (Fsp3) is 1.00. The number of hydrogen-bond donors (Lipinski definition) is 1. The summed E-state index contributed by atoms with van der Waals surface area (Å²) in [5.74, 6) is 0. The van der Waals surface area contributed by atoms with Gasteiger partial charge in [0, 0.05) is 19.7 Å². The van der Waals surface area contributed by atoms with E-state index in [4.69, 9.17) is 4.74 Å². The molecular weight excluding hydrogens is 188 g/mol. The molecule has 0 amide bonds. The Labute approximate surface area is 94.2 Å². The van der Waals surface area contributed by atoms with Crippen LogP contribution in [0.3, 0.4) is 0 Å². The molecule has 0 unspecified atom stereocenters. The Kier molecular flexibility index (Phi) is 6.98. The van der Waals surface area contributed by atoms with Gasteiger partial charge in [-0.15, -0.1) is 0 Å². The van der Waals surface area contributed by atoms with Gasteiger partial charge in [-0.3, -0.25) is 0 Å². The Bertz CT molecular complexity index is 142. The lowest BCUT2D eigenvalue weighted by Gasteiger charge is -2.31. The Balaban J connectivity index is 1.99. The molecule has 1 heterocycles. The van der Waals surface area contributed by atoms with Crippen LogP contribution < -0.4 is 5.32 Å². The first-order chi connectivity index (χ1) is 7.36. The van der Waals surface area contributed by atoms with E-state index in [0.29, 0.717) is 6.10 Å². The number of nitrogens with zero attached hydrogens (tertiary/aromatic N) is 1. The van der Waals surface area contributed by atoms with Crippen LogP contribution in [0.25, 0.3) is 0 Å². The first kappa shape index (κ1) is 12.9. The van der Waals surface area contributed by atoms with Gasteiger partial charge in [0.2, 0.25) is 0 Å². The van der Waals surface area contributed by atoms with Crippen molar-refractivity contribution in [1.82, 2.24) is 10.2 Å². The minimum atomic E-state index is 0.528. The molecule has 90 valence electrons. The second kappa shape index (κ2) is 8.08. The van der Waals surface area contributed by atoms with Crippen molar-refractivity contribution in [3.05, 3.63) is 0 Å². The lowest BCUT2D eigenvalue weighted by atomic mass is 10.1. The zero-order valence-corrected chi connectivity index (χ0v) is 10.3. The molecule has 1 saturated heterocycles. The SMILES string of the molecule is CCNCCCN1CCC(OCC)CC1. The zero-order valence-electron chi connectivity index (χ0n) is 10.3. The first-order valence-electron chi connectivity index (χ1n) is 6.41. The maximum atomic E-state index is 5.64. The maximum Gasteiger partial charge on any atom is 0.0599 e. The molecule has 0 aromatic rings. The number of ether oxygens (including phenoxy) is 1. The summed E-state index contributed by atoms with van der Waals surface area (Å²) in [5.41, 5.74) is 0. The summed E-state index contributed by atoms with van der Waals surface area (Å²) >= 11 is 0. The van der Waals surface area contributed by atoms with E-state index < -0.39 is 0 Å². The van der Waals surface area contributed by atoms with Crippen molar-refractivity contribution >= 4 is 0 Å². The Morgan fingerprint density at radius 2 is 2.00 bits per heavy atom. The smallest absolute Gasteiger partial charge is 0.0599 e. The molecule has 1 rings (SSSR count). The second-order valence-corrected chi connectivity index (χ2v) is 4.20. The van der Waals surface area contributed by atoms with Crippen LogP contribution in [-0.2, 0) is 4.74 Å². The quantitative estimate of drug-likeness (QED) is 0.650. The van der Waals surface area contributed by atoms with Gasteiger partial charge in [0.05, 0.1) is 6.10 Å². The molecule has 1 N–H and O–H groups in total. The molecule has 15 heavy (non-hydrogen) atoms.